The highest BCUT2D eigenvalue weighted by atomic mass is 31.2. The maximum absolute atomic E-state index is 15.4. The number of aromatic nitrogens is 1. The maximum atomic E-state index is 15.4. The van der Waals surface area contributed by atoms with Crippen LogP contribution in [0.1, 0.15) is 124 Å². The molecule has 1 aromatic rings. The number of carbonyl (C=O) groups excluding carboxylic acids is 1. The zero-order chi connectivity index (χ0) is 28.9. The molecule has 0 saturated heterocycles. The van der Waals surface area contributed by atoms with Crippen molar-refractivity contribution in [1.82, 2.24) is 4.98 Å². The van der Waals surface area contributed by atoms with Crippen LogP contribution in [0.2, 0.25) is 0 Å². The van der Waals surface area contributed by atoms with Gasteiger partial charge in [-0.05, 0) is 92.9 Å². The summed E-state index contributed by atoms with van der Waals surface area (Å²) < 4.78 is 35.1. The molecule has 226 valence electrons. The van der Waals surface area contributed by atoms with Gasteiger partial charge in [-0.25, -0.2) is 0 Å². The van der Waals surface area contributed by atoms with Crippen LogP contribution in [0.4, 0.5) is 0 Å². The quantitative estimate of drug-likeness (QED) is 0.204. The van der Waals surface area contributed by atoms with E-state index in [1.165, 1.54) is 0 Å². The standard InChI is InChI=1S/C33H54NO5P/c1-22(2)27-16-14-24(5)30(19-27)38-40(36,39-31-20-28(23(3)4)17-15-25(31)6)33(29-13-10-18-34-21-29)37-32(35)26-11-8-7-9-12-26/h10,13,18,21-28,30-31,33H,7-9,11-12,14-17,19-20H2,1-6H3/t24-,25-,27+,28+,30+,31+,33-/m0/s1. The highest BCUT2D eigenvalue weighted by Gasteiger charge is 2.48. The van der Waals surface area contributed by atoms with Gasteiger partial charge in [0.1, 0.15) is 0 Å². The number of carbonyl (C=O) groups is 1. The molecule has 0 radical (unpaired) electrons. The molecule has 4 rings (SSSR count). The first-order chi connectivity index (χ1) is 19.1. The minimum atomic E-state index is -3.96. The van der Waals surface area contributed by atoms with Crippen LogP contribution in [-0.4, -0.2) is 23.2 Å². The lowest BCUT2D eigenvalue weighted by Gasteiger charge is -2.42. The molecule has 7 atom stereocenters. The van der Waals surface area contributed by atoms with Crippen LogP contribution in [-0.2, 0) is 23.1 Å². The van der Waals surface area contributed by atoms with Gasteiger partial charge in [-0.1, -0.05) is 66.9 Å². The summed E-state index contributed by atoms with van der Waals surface area (Å²) in [6.45, 7) is 13.4. The zero-order valence-corrected chi connectivity index (χ0v) is 26.7. The number of esters is 1. The van der Waals surface area contributed by atoms with Crippen molar-refractivity contribution in [3.05, 3.63) is 30.1 Å². The summed E-state index contributed by atoms with van der Waals surface area (Å²) in [4.78, 5) is 17.9. The summed E-state index contributed by atoms with van der Waals surface area (Å²) in [5.74, 6) is 1.02. The Morgan fingerprint density at radius 3 is 1.88 bits per heavy atom. The van der Waals surface area contributed by atoms with Crippen LogP contribution in [0, 0.1) is 41.4 Å². The average molecular weight is 576 g/mol. The molecule has 6 nitrogen and oxygen atoms in total. The molecule has 0 aliphatic heterocycles. The van der Waals surface area contributed by atoms with Crippen molar-refractivity contribution in [1.29, 1.82) is 0 Å². The van der Waals surface area contributed by atoms with E-state index < -0.39 is 13.4 Å². The second-order valence-electron chi connectivity index (χ2n) is 13.8. The topological polar surface area (TPSA) is 74.7 Å². The molecule has 0 bridgehead atoms. The summed E-state index contributed by atoms with van der Waals surface area (Å²) in [6, 6.07) is 3.64. The molecule has 0 N–H and O–H groups in total. The molecule has 1 aromatic heterocycles. The second kappa shape index (κ2) is 14.3. The van der Waals surface area contributed by atoms with E-state index in [9.17, 15) is 4.79 Å². The minimum Gasteiger partial charge on any atom is -0.444 e. The molecule has 3 aliphatic carbocycles. The lowest BCUT2D eigenvalue weighted by Crippen LogP contribution is -2.36. The van der Waals surface area contributed by atoms with Gasteiger partial charge in [0.15, 0.2) is 0 Å². The third-order valence-electron chi connectivity index (χ3n) is 10.2. The van der Waals surface area contributed by atoms with Crippen LogP contribution in [0.5, 0.6) is 0 Å². The van der Waals surface area contributed by atoms with Gasteiger partial charge in [-0.3, -0.25) is 14.3 Å². The van der Waals surface area contributed by atoms with Crippen molar-refractivity contribution in [2.45, 2.75) is 130 Å². The Labute approximate surface area is 243 Å². The van der Waals surface area contributed by atoms with E-state index in [2.05, 4.69) is 46.5 Å². The number of pyridine rings is 1. The molecule has 0 spiro atoms. The maximum Gasteiger partial charge on any atom is 0.376 e. The van der Waals surface area contributed by atoms with Crippen molar-refractivity contribution in [3.8, 4) is 0 Å². The van der Waals surface area contributed by atoms with E-state index in [1.807, 2.05) is 6.07 Å². The van der Waals surface area contributed by atoms with Crippen molar-refractivity contribution in [3.63, 3.8) is 0 Å². The van der Waals surface area contributed by atoms with Crippen molar-refractivity contribution < 1.29 is 23.1 Å². The van der Waals surface area contributed by atoms with Crippen LogP contribution >= 0.6 is 7.60 Å². The Bertz CT molecular complexity index is 940. The fraction of sp³-hybridized carbons (Fsp3) is 0.818. The van der Waals surface area contributed by atoms with Crippen LogP contribution < -0.4 is 0 Å². The fourth-order valence-corrected chi connectivity index (χ4v) is 9.39. The Morgan fingerprint density at radius 2 is 1.40 bits per heavy atom. The normalized spacial score (nSPS) is 31.3. The van der Waals surface area contributed by atoms with Crippen molar-refractivity contribution in [2.24, 2.45) is 41.4 Å². The largest absolute Gasteiger partial charge is 0.444 e. The summed E-state index contributed by atoms with van der Waals surface area (Å²) in [7, 11) is -3.96. The van der Waals surface area contributed by atoms with Crippen molar-refractivity contribution >= 4 is 13.6 Å². The van der Waals surface area contributed by atoms with Gasteiger partial charge in [-0.15, -0.1) is 0 Å². The third kappa shape index (κ3) is 7.98. The van der Waals surface area contributed by atoms with E-state index in [0.717, 1.165) is 70.6 Å². The summed E-state index contributed by atoms with van der Waals surface area (Å²) in [5.41, 5.74) is 0.586. The fourth-order valence-electron chi connectivity index (χ4n) is 7.02. The molecular formula is C33H54NO5P. The molecule has 3 aliphatic rings. The highest BCUT2D eigenvalue weighted by Crippen LogP contribution is 2.65. The zero-order valence-electron chi connectivity index (χ0n) is 25.8. The van der Waals surface area contributed by atoms with Gasteiger partial charge in [0.25, 0.3) is 0 Å². The first-order valence-corrected chi connectivity index (χ1v) is 17.8. The van der Waals surface area contributed by atoms with Gasteiger partial charge in [0, 0.05) is 18.0 Å². The molecule has 0 amide bonds. The van der Waals surface area contributed by atoms with E-state index in [0.29, 0.717) is 29.2 Å². The molecule has 1 heterocycles. The smallest absolute Gasteiger partial charge is 0.376 e. The predicted octanol–water partition coefficient (Wildman–Crippen LogP) is 9.35. The first kappa shape index (κ1) is 31.7. The number of hydrogen-bond acceptors (Lipinski definition) is 6. The van der Waals surface area contributed by atoms with E-state index in [1.54, 1.807) is 18.5 Å². The SMILES string of the molecule is CC(C)[C@@H]1CC[C@H](C)[C@H](OP(=O)(O[C@@H]2C[C@H](C(C)C)CC[C@@H]2C)[C@H](OC(=O)C2CCCCC2)c2cccnc2)C1. The summed E-state index contributed by atoms with van der Waals surface area (Å²) in [5, 5.41) is 0. The van der Waals surface area contributed by atoms with Crippen LogP contribution in [0.3, 0.4) is 0 Å². The predicted molar refractivity (Wildman–Crippen MR) is 160 cm³/mol. The Kier molecular flexibility index (Phi) is 11.3. The number of ether oxygens (including phenoxy) is 1. The molecule has 3 saturated carbocycles. The van der Waals surface area contributed by atoms with Gasteiger partial charge < -0.3 is 13.8 Å². The molecule has 40 heavy (non-hydrogen) atoms. The molecule has 7 heteroatoms. The second-order valence-corrected chi connectivity index (χ2v) is 15.8. The average Bonchev–Trinajstić information content (AvgIpc) is 2.94. The van der Waals surface area contributed by atoms with Gasteiger partial charge in [-0.2, -0.15) is 0 Å². The lowest BCUT2D eigenvalue weighted by molar-refractivity contribution is -0.153. The van der Waals surface area contributed by atoms with Gasteiger partial charge in [0.05, 0.1) is 18.1 Å². The van der Waals surface area contributed by atoms with E-state index in [4.69, 9.17) is 13.8 Å². The molecule has 0 unspecified atom stereocenters. The number of hydrogen-bond donors (Lipinski definition) is 0. The van der Waals surface area contributed by atoms with Gasteiger partial charge in [0.2, 0.25) is 5.85 Å². The summed E-state index contributed by atoms with van der Waals surface area (Å²) >= 11 is 0. The lowest BCUT2D eigenvalue weighted by atomic mass is 9.76. The highest BCUT2D eigenvalue weighted by molar-refractivity contribution is 7.54. The Balaban J connectivity index is 1.69. The molecule has 3 fully saturated rings. The molecular weight excluding hydrogens is 521 g/mol. The Hall–Kier alpha value is -1.23. The third-order valence-corrected chi connectivity index (χ3v) is 12.3. The monoisotopic (exact) mass is 575 g/mol. The van der Waals surface area contributed by atoms with E-state index in [-0.39, 0.29) is 35.9 Å². The van der Waals surface area contributed by atoms with Crippen molar-refractivity contribution in [2.75, 3.05) is 0 Å². The van der Waals surface area contributed by atoms with E-state index >= 15 is 4.57 Å². The number of nitrogens with zero attached hydrogens (tertiary/aromatic N) is 1. The Morgan fingerprint density at radius 1 is 0.850 bits per heavy atom. The summed E-state index contributed by atoms with van der Waals surface area (Å²) in [6.07, 6.45) is 13.8. The van der Waals surface area contributed by atoms with Crippen LogP contribution in [0.15, 0.2) is 24.5 Å². The minimum absolute atomic E-state index is 0.167. The van der Waals surface area contributed by atoms with Gasteiger partial charge >= 0.3 is 13.6 Å². The first-order valence-electron chi connectivity index (χ1n) is 16.1. The number of rotatable bonds is 10. The molecule has 0 aromatic carbocycles. The van der Waals surface area contributed by atoms with Crippen LogP contribution in [0.25, 0.3) is 0 Å².